The van der Waals surface area contributed by atoms with Gasteiger partial charge in [0.25, 0.3) is 0 Å². The quantitative estimate of drug-likeness (QED) is 0.0273. The molecule has 0 bridgehead atoms. The van der Waals surface area contributed by atoms with Crippen molar-refractivity contribution in [1.82, 2.24) is 5.32 Å². The Hall–Kier alpha value is -1.54. The third-order valence-corrected chi connectivity index (χ3v) is 8.99. The number of allylic oxidation sites excluding steroid dienone is 7. The molecule has 8 nitrogen and oxygen atoms in total. The Bertz CT molecular complexity index is 928. The molecule has 280 valence electrons. The molecule has 3 atom stereocenters. The van der Waals surface area contributed by atoms with Gasteiger partial charge in [-0.25, -0.2) is 4.57 Å². The summed E-state index contributed by atoms with van der Waals surface area (Å²) in [5, 5.41) is 13.7. The summed E-state index contributed by atoms with van der Waals surface area (Å²) >= 11 is 0. The highest BCUT2D eigenvalue weighted by Gasteiger charge is 2.27. The Morgan fingerprint density at radius 2 is 1.25 bits per heavy atom. The van der Waals surface area contributed by atoms with Crippen LogP contribution in [-0.2, 0) is 18.4 Å². The smallest absolute Gasteiger partial charge is 0.387 e. The number of carbonyl (C=O) groups is 1. The lowest BCUT2D eigenvalue weighted by atomic mass is 10.1. The van der Waals surface area contributed by atoms with Gasteiger partial charge in [-0.05, 0) is 57.8 Å². The van der Waals surface area contributed by atoms with Crippen LogP contribution in [0.4, 0.5) is 0 Å². The molecule has 0 radical (unpaired) electrons. The molecular formula is C39H74N2O6P+. The number of nitrogens with zero attached hydrogens (tertiary/aromatic N) is 1. The first kappa shape index (κ1) is 46.5. The van der Waals surface area contributed by atoms with Gasteiger partial charge in [0.1, 0.15) is 13.2 Å². The molecule has 0 aliphatic rings. The number of carbonyl (C=O) groups excluding carboxylic acids is 1. The van der Waals surface area contributed by atoms with Crippen LogP contribution >= 0.6 is 7.82 Å². The summed E-state index contributed by atoms with van der Waals surface area (Å²) in [6.07, 6.45) is 37.5. The number of rotatable bonds is 33. The van der Waals surface area contributed by atoms with E-state index in [1.165, 1.54) is 51.4 Å². The second-order valence-corrected chi connectivity index (χ2v) is 15.4. The number of likely N-dealkylation sites (N-methyl/N-ethyl adjacent to an activating group) is 1. The van der Waals surface area contributed by atoms with Gasteiger partial charge < -0.3 is 19.8 Å². The first-order valence-corrected chi connectivity index (χ1v) is 20.5. The fourth-order valence-corrected chi connectivity index (χ4v) is 5.65. The number of amides is 1. The number of hydrogen-bond donors (Lipinski definition) is 3. The second kappa shape index (κ2) is 31.4. The van der Waals surface area contributed by atoms with E-state index in [1.807, 2.05) is 27.2 Å². The van der Waals surface area contributed by atoms with Crippen LogP contribution in [0.5, 0.6) is 0 Å². The molecule has 0 aliphatic carbocycles. The van der Waals surface area contributed by atoms with Gasteiger partial charge in [-0.2, -0.15) is 0 Å². The summed E-state index contributed by atoms with van der Waals surface area (Å²) in [7, 11) is 1.53. The van der Waals surface area contributed by atoms with Crippen molar-refractivity contribution in [2.24, 2.45) is 0 Å². The Labute approximate surface area is 295 Å². The van der Waals surface area contributed by atoms with E-state index in [0.717, 1.165) is 70.6 Å². The molecule has 3 unspecified atom stereocenters. The van der Waals surface area contributed by atoms with Crippen LogP contribution in [0.2, 0.25) is 0 Å². The topological polar surface area (TPSA) is 105 Å². The van der Waals surface area contributed by atoms with E-state index < -0.39 is 20.0 Å². The van der Waals surface area contributed by atoms with E-state index in [9.17, 15) is 19.4 Å². The van der Waals surface area contributed by atoms with Gasteiger partial charge in [0.15, 0.2) is 0 Å². The molecule has 9 heteroatoms. The van der Waals surface area contributed by atoms with Crippen molar-refractivity contribution >= 4 is 13.7 Å². The van der Waals surface area contributed by atoms with Crippen molar-refractivity contribution in [3.8, 4) is 0 Å². The maximum atomic E-state index is 12.8. The van der Waals surface area contributed by atoms with E-state index in [-0.39, 0.29) is 19.1 Å². The zero-order valence-electron chi connectivity index (χ0n) is 31.5. The van der Waals surface area contributed by atoms with Crippen LogP contribution in [0.1, 0.15) is 142 Å². The van der Waals surface area contributed by atoms with Crippen molar-refractivity contribution < 1.29 is 32.9 Å². The fourth-order valence-electron chi connectivity index (χ4n) is 4.92. The molecular weight excluding hydrogens is 623 g/mol. The molecule has 0 fully saturated rings. The van der Waals surface area contributed by atoms with Crippen molar-refractivity contribution in [2.75, 3.05) is 40.9 Å². The summed E-state index contributed by atoms with van der Waals surface area (Å²) in [6.45, 7) is 4.67. The lowest BCUT2D eigenvalue weighted by molar-refractivity contribution is -0.870. The van der Waals surface area contributed by atoms with E-state index >= 15 is 0 Å². The summed E-state index contributed by atoms with van der Waals surface area (Å²) in [5.74, 6) is -0.206. The third kappa shape index (κ3) is 33.0. The molecule has 48 heavy (non-hydrogen) atoms. The van der Waals surface area contributed by atoms with Crippen LogP contribution in [0, 0.1) is 0 Å². The SMILES string of the molecule is CCC/C=C\C/C=C\CCCCCCCC(=O)NC(COP(=O)(O)OCC[N+](C)(C)C)C(O)/C=C/CC/C=C/CCCCCCCCC. The number of aliphatic hydroxyl groups is 1. The zero-order chi connectivity index (χ0) is 35.8. The second-order valence-electron chi connectivity index (χ2n) is 13.9. The molecule has 3 N–H and O–H groups in total. The fraction of sp³-hybridized carbons (Fsp3) is 0.769. The highest BCUT2D eigenvalue weighted by atomic mass is 31.2. The molecule has 0 aliphatic heterocycles. The summed E-state index contributed by atoms with van der Waals surface area (Å²) in [5.41, 5.74) is 0. The first-order valence-electron chi connectivity index (χ1n) is 19.0. The molecule has 1 amide bonds. The van der Waals surface area contributed by atoms with Crippen LogP contribution < -0.4 is 5.32 Å². The predicted molar refractivity (Wildman–Crippen MR) is 203 cm³/mol. The molecule has 0 rings (SSSR count). The monoisotopic (exact) mass is 698 g/mol. The van der Waals surface area contributed by atoms with Gasteiger partial charge in [-0.1, -0.05) is 127 Å². The van der Waals surface area contributed by atoms with Crippen LogP contribution in [0.15, 0.2) is 48.6 Å². The molecule has 0 saturated heterocycles. The molecule has 0 aromatic heterocycles. The van der Waals surface area contributed by atoms with E-state index in [2.05, 4.69) is 55.6 Å². The van der Waals surface area contributed by atoms with Gasteiger partial charge in [0.2, 0.25) is 5.91 Å². The van der Waals surface area contributed by atoms with Crippen LogP contribution in [0.25, 0.3) is 0 Å². The molecule has 0 aromatic rings. The van der Waals surface area contributed by atoms with Crippen molar-refractivity contribution in [2.45, 2.75) is 154 Å². The van der Waals surface area contributed by atoms with Crippen molar-refractivity contribution in [3.05, 3.63) is 48.6 Å². The lowest BCUT2D eigenvalue weighted by Crippen LogP contribution is -2.45. The van der Waals surface area contributed by atoms with Gasteiger partial charge in [0.05, 0.1) is 39.9 Å². The Balaban J connectivity index is 4.64. The van der Waals surface area contributed by atoms with E-state index in [4.69, 9.17) is 9.05 Å². The van der Waals surface area contributed by atoms with Gasteiger partial charge in [0, 0.05) is 6.42 Å². The maximum Gasteiger partial charge on any atom is 0.472 e. The number of hydrogen-bond acceptors (Lipinski definition) is 5. The Morgan fingerprint density at radius 1 is 0.708 bits per heavy atom. The third-order valence-electron chi connectivity index (χ3n) is 8.00. The van der Waals surface area contributed by atoms with E-state index in [0.29, 0.717) is 17.4 Å². The largest absolute Gasteiger partial charge is 0.472 e. The standard InChI is InChI=1S/C39H73N2O6P/c1-6-8-10-12-14-16-18-20-22-24-26-28-30-32-38(42)37(36-47-48(44,45)46-35-34-41(3,4)5)40-39(43)33-31-29-27-25-23-21-19-17-15-13-11-9-7-2/h11,13,17,19,22,24,30,32,37-38,42H,6-10,12,14-16,18,20-21,23,25-29,31,33-36H2,1-5H3,(H-,40,43,44,45)/p+1/b13-11-,19-17-,24-22+,32-30+. The van der Waals surface area contributed by atoms with Crippen molar-refractivity contribution in [3.63, 3.8) is 0 Å². The Kier molecular flexibility index (Phi) is 30.4. The molecule has 0 saturated carbocycles. The number of phosphoric ester groups is 1. The number of unbranched alkanes of at least 4 members (excludes halogenated alkanes) is 14. The number of quaternary nitrogens is 1. The lowest BCUT2D eigenvalue weighted by Gasteiger charge is -2.25. The highest BCUT2D eigenvalue weighted by molar-refractivity contribution is 7.47. The summed E-state index contributed by atoms with van der Waals surface area (Å²) in [4.78, 5) is 23.0. The van der Waals surface area contributed by atoms with Crippen molar-refractivity contribution in [1.29, 1.82) is 0 Å². The summed E-state index contributed by atoms with van der Waals surface area (Å²) in [6, 6.07) is -0.868. The predicted octanol–water partition coefficient (Wildman–Crippen LogP) is 9.74. The highest BCUT2D eigenvalue weighted by Crippen LogP contribution is 2.43. The first-order chi connectivity index (χ1) is 23.0. The van der Waals surface area contributed by atoms with Crippen LogP contribution in [-0.4, -0.2) is 73.4 Å². The zero-order valence-corrected chi connectivity index (χ0v) is 32.4. The maximum absolute atomic E-state index is 12.8. The van der Waals surface area contributed by atoms with Crippen LogP contribution in [0.3, 0.4) is 0 Å². The number of nitrogens with one attached hydrogen (secondary N) is 1. The minimum Gasteiger partial charge on any atom is -0.387 e. The van der Waals surface area contributed by atoms with Gasteiger partial charge in [-0.15, -0.1) is 0 Å². The molecule has 0 aromatic carbocycles. The average Bonchev–Trinajstić information content (AvgIpc) is 3.02. The minimum atomic E-state index is -4.34. The normalized spacial score (nSPS) is 15.2. The summed E-state index contributed by atoms with van der Waals surface area (Å²) < 4.78 is 23.4. The minimum absolute atomic E-state index is 0.0515. The molecule has 0 heterocycles. The number of aliphatic hydroxyl groups excluding tert-OH is 1. The van der Waals surface area contributed by atoms with E-state index in [1.54, 1.807) is 6.08 Å². The molecule has 0 spiro atoms. The number of phosphoric acid groups is 1. The van der Waals surface area contributed by atoms with Gasteiger partial charge in [-0.3, -0.25) is 13.8 Å². The van der Waals surface area contributed by atoms with Gasteiger partial charge >= 0.3 is 7.82 Å². The average molecular weight is 698 g/mol. The Morgan fingerprint density at radius 3 is 1.88 bits per heavy atom.